The van der Waals surface area contributed by atoms with Gasteiger partial charge < -0.3 is 9.47 Å². The zero-order valence-electron chi connectivity index (χ0n) is 18.5. The normalized spacial score (nSPS) is 15.7. The molecule has 0 radical (unpaired) electrons. The molecular formula is C27H38O2. The van der Waals surface area contributed by atoms with Gasteiger partial charge in [0.1, 0.15) is 5.75 Å². The van der Waals surface area contributed by atoms with Crippen molar-refractivity contribution in [3.63, 3.8) is 0 Å². The Bertz CT molecular complexity index is 696. The topological polar surface area (TPSA) is 18.5 Å². The minimum absolute atomic E-state index is 0.326. The Hall–Kier alpha value is -1.80. The number of hydrogen-bond donors (Lipinski definition) is 0. The Balaban J connectivity index is 1.54. The molecule has 0 spiro atoms. The molecule has 0 amide bonds. The van der Waals surface area contributed by atoms with E-state index >= 15 is 0 Å². The van der Waals surface area contributed by atoms with Crippen molar-refractivity contribution < 1.29 is 9.47 Å². The number of rotatable bonds is 11. The Morgan fingerprint density at radius 2 is 1.45 bits per heavy atom. The first-order chi connectivity index (χ1) is 14.1. The van der Waals surface area contributed by atoms with Crippen LogP contribution in [0.2, 0.25) is 0 Å². The van der Waals surface area contributed by atoms with Crippen molar-refractivity contribution in [1.82, 2.24) is 0 Å². The second kappa shape index (κ2) is 11.4. The second-order valence-corrected chi connectivity index (χ2v) is 8.94. The molecule has 29 heavy (non-hydrogen) atoms. The van der Waals surface area contributed by atoms with Crippen LogP contribution < -0.4 is 4.74 Å². The Kier molecular flexibility index (Phi) is 8.61. The van der Waals surface area contributed by atoms with Crippen LogP contribution in [0.5, 0.6) is 5.75 Å². The highest BCUT2D eigenvalue weighted by Crippen LogP contribution is 2.26. The largest absolute Gasteiger partial charge is 0.490 e. The van der Waals surface area contributed by atoms with E-state index < -0.39 is 0 Å². The fourth-order valence-corrected chi connectivity index (χ4v) is 4.08. The van der Waals surface area contributed by atoms with Crippen LogP contribution in [0, 0.1) is 5.92 Å². The summed E-state index contributed by atoms with van der Waals surface area (Å²) < 4.78 is 12.3. The van der Waals surface area contributed by atoms with E-state index in [4.69, 9.17) is 9.47 Å². The van der Waals surface area contributed by atoms with Crippen molar-refractivity contribution in [3.05, 3.63) is 54.1 Å². The lowest BCUT2D eigenvalue weighted by atomic mass is 10.0. The van der Waals surface area contributed by atoms with Gasteiger partial charge in [0, 0.05) is 0 Å². The van der Waals surface area contributed by atoms with Crippen molar-refractivity contribution in [2.45, 2.75) is 91.0 Å². The molecular weight excluding hydrogens is 356 g/mol. The lowest BCUT2D eigenvalue weighted by Gasteiger charge is -2.20. The molecule has 1 saturated carbocycles. The fraction of sp³-hybridized carbons (Fsp3) is 0.556. The predicted molar refractivity (Wildman–Crippen MR) is 122 cm³/mol. The summed E-state index contributed by atoms with van der Waals surface area (Å²) in [5.74, 6) is 1.71. The van der Waals surface area contributed by atoms with E-state index in [9.17, 15) is 0 Å². The smallest absolute Gasteiger partial charge is 0.119 e. The van der Waals surface area contributed by atoms with E-state index in [1.807, 2.05) is 0 Å². The van der Waals surface area contributed by atoms with Crippen LogP contribution in [0.3, 0.4) is 0 Å². The molecule has 0 saturated heterocycles. The van der Waals surface area contributed by atoms with Gasteiger partial charge in [0.2, 0.25) is 0 Å². The maximum Gasteiger partial charge on any atom is 0.119 e. The molecule has 0 aliphatic heterocycles. The second-order valence-electron chi connectivity index (χ2n) is 8.94. The first kappa shape index (κ1) is 21.9. The lowest BCUT2D eigenvalue weighted by molar-refractivity contribution is 0.0457. The van der Waals surface area contributed by atoms with Gasteiger partial charge >= 0.3 is 0 Å². The minimum Gasteiger partial charge on any atom is -0.490 e. The van der Waals surface area contributed by atoms with Crippen LogP contribution in [0.25, 0.3) is 11.1 Å². The Morgan fingerprint density at radius 3 is 2.03 bits per heavy atom. The maximum absolute atomic E-state index is 6.28. The quantitative estimate of drug-likeness (QED) is 0.387. The highest BCUT2D eigenvalue weighted by Gasteiger charge is 2.15. The third-order valence-corrected chi connectivity index (χ3v) is 5.91. The summed E-state index contributed by atoms with van der Waals surface area (Å²) in [5.41, 5.74) is 3.73. The molecule has 2 aromatic rings. The van der Waals surface area contributed by atoms with E-state index in [-0.39, 0.29) is 0 Å². The number of hydrogen-bond acceptors (Lipinski definition) is 2. The molecule has 3 rings (SSSR count). The first-order valence-electron chi connectivity index (χ1n) is 11.6. The van der Waals surface area contributed by atoms with Gasteiger partial charge in [0.25, 0.3) is 0 Å². The number of ether oxygens (including phenoxy) is 2. The third-order valence-electron chi connectivity index (χ3n) is 5.91. The van der Waals surface area contributed by atoms with Crippen molar-refractivity contribution >= 4 is 0 Å². The molecule has 0 bridgehead atoms. The van der Waals surface area contributed by atoms with E-state index in [1.54, 1.807) is 0 Å². The summed E-state index contributed by atoms with van der Waals surface area (Å²) in [7, 11) is 0. The molecule has 0 N–H and O–H groups in total. The number of benzene rings is 2. The van der Waals surface area contributed by atoms with Gasteiger partial charge in [-0.05, 0) is 66.8 Å². The zero-order chi connectivity index (χ0) is 20.5. The molecule has 1 aliphatic carbocycles. The van der Waals surface area contributed by atoms with Crippen LogP contribution in [-0.4, -0.2) is 12.2 Å². The van der Waals surface area contributed by atoms with Crippen LogP contribution in [0.15, 0.2) is 48.5 Å². The van der Waals surface area contributed by atoms with Crippen molar-refractivity contribution in [2.24, 2.45) is 5.92 Å². The molecule has 1 aliphatic rings. The van der Waals surface area contributed by atoms with Crippen LogP contribution in [0.1, 0.15) is 77.7 Å². The van der Waals surface area contributed by atoms with Gasteiger partial charge in [-0.3, -0.25) is 0 Å². The maximum atomic E-state index is 6.28. The van der Waals surface area contributed by atoms with Crippen LogP contribution >= 0.6 is 0 Å². The molecule has 1 atom stereocenters. The molecule has 2 nitrogen and oxygen atoms in total. The average molecular weight is 395 g/mol. The first-order valence-corrected chi connectivity index (χ1v) is 11.6. The van der Waals surface area contributed by atoms with Gasteiger partial charge in [-0.1, -0.05) is 76.4 Å². The lowest BCUT2D eigenvalue weighted by Crippen LogP contribution is -2.17. The van der Waals surface area contributed by atoms with Crippen molar-refractivity contribution in [2.75, 3.05) is 0 Å². The summed E-state index contributed by atoms with van der Waals surface area (Å²) >= 11 is 0. The standard InChI is InChI=1S/C27H38O2/c1-4-7-26(17-10-21(2)3)29-27-18-15-24(16-19-27)23-13-11-22(12-14-23)20-28-25-8-5-6-9-25/h11-16,18-19,21,25-26H,4-10,17,20H2,1-3H3. The molecule has 1 fully saturated rings. The summed E-state index contributed by atoms with van der Waals surface area (Å²) in [5, 5.41) is 0. The van der Waals surface area contributed by atoms with Crippen LogP contribution in [-0.2, 0) is 11.3 Å². The van der Waals surface area contributed by atoms with Crippen molar-refractivity contribution in [3.8, 4) is 16.9 Å². The van der Waals surface area contributed by atoms with E-state index in [0.717, 1.165) is 37.5 Å². The average Bonchev–Trinajstić information content (AvgIpc) is 3.25. The predicted octanol–water partition coefficient (Wildman–Crippen LogP) is 7.80. The summed E-state index contributed by atoms with van der Waals surface area (Å²) in [6.07, 6.45) is 10.5. The molecule has 2 heteroatoms. The zero-order valence-corrected chi connectivity index (χ0v) is 18.5. The molecule has 0 aromatic heterocycles. The van der Waals surface area contributed by atoms with E-state index in [2.05, 4.69) is 69.3 Å². The van der Waals surface area contributed by atoms with Gasteiger partial charge in [-0.15, -0.1) is 0 Å². The van der Waals surface area contributed by atoms with E-state index in [0.29, 0.717) is 12.2 Å². The van der Waals surface area contributed by atoms with Crippen molar-refractivity contribution in [1.29, 1.82) is 0 Å². The molecule has 158 valence electrons. The van der Waals surface area contributed by atoms with Gasteiger partial charge in [0.05, 0.1) is 18.8 Å². The molecule has 1 unspecified atom stereocenters. The third kappa shape index (κ3) is 7.19. The monoisotopic (exact) mass is 394 g/mol. The molecule has 0 heterocycles. The Labute approximate surface area is 177 Å². The van der Waals surface area contributed by atoms with Gasteiger partial charge in [-0.2, -0.15) is 0 Å². The summed E-state index contributed by atoms with van der Waals surface area (Å²) in [6.45, 7) is 7.53. The summed E-state index contributed by atoms with van der Waals surface area (Å²) in [4.78, 5) is 0. The fourth-order valence-electron chi connectivity index (χ4n) is 4.08. The van der Waals surface area contributed by atoms with E-state index in [1.165, 1.54) is 48.8 Å². The molecule has 2 aromatic carbocycles. The Morgan fingerprint density at radius 1 is 0.828 bits per heavy atom. The van der Waals surface area contributed by atoms with Gasteiger partial charge in [0.15, 0.2) is 0 Å². The highest BCUT2D eigenvalue weighted by atomic mass is 16.5. The SMILES string of the molecule is CCCC(CCC(C)C)Oc1ccc(-c2ccc(COC3CCCC3)cc2)cc1. The van der Waals surface area contributed by atoms with Crippen LogP contribution in [0.4, 0.5) is 0 Å². The summed E-state index contributed by atoms with van der Waals surface area (Å²) in [6, 6.07) is 17.4. The highest BCUT2D eigenvalue weighted by molar-refractivity contribution is 5.64. The van der Waals surface area contributed by atoms with Gasteiger partial charge in [-0.25, -0.2) is 0 Å². The minimum atomic E-state index is 0.326.